The number of carbonyl (C=O) groups is 1. The minimum atomic E-state index is -0.173. The number of aromatic nitrogens is 2. The average molecular weight is 360 g/mol. The number of hydrogen-bond acceptors (Lipinski definition) is 3. The first-order valence-electron chi connectivity index (χ1n) is 7.72. The van der Waals surface area contributed by atoms with E-state index in [2.05, 4.69) is 16.5 Å². The zero-order chi connectivity index (χ0) is 16.9. The number of rotatable bonds is 6. The highest BCUT2D eigenvalue weighted by Gasteiger charge is 2.20. The van der Waals surface area contributed by atoms with Gasteiger partial charge in [-0.2, -0.15) is 5.10 Å². The molecule has 6 heteroatoms. The van der Waals surface area contributed by atoms with Gasteiger partial charge in [-0.1, -0.05) is 48.0 Å². The van der Waals surface area contributed by atoms with Crippen LogP contribution in [-0.2, 0) is 13.0 Å². The molecule has 124 valence electrons. The number of carbonyl (C=O) groups excluding carboxylic acids is 1. The van der Waals surface area contributed by atoms with E-state index in [0.29, 0.717) is 29.5 Å². The van der Waals surface area contributed by atoms with Gasteiger partial charge in [0.05, 0.1) is 17.8 Å². The van der Waals surface area contributed by atoms with Gasteiger partial charge in [-0.25, -0.2) is 4.68 Å². The summed E-state index contributed by atoms with van der Waals surface area (Å²) in [6, 6.07) is 14.0. The van der Waals surface area contributed by atoms with Gasteiger partial charge < -0.3 is 5.32 Å². The summed E-state index contributed by atoms with van der Waals surface area (Å²) in [5.41, 5.74) is 2.19. The first-order valence-corrected chi connectivity index (χ1v) is 8.98. The largest absolute Gasteiger partial charge is 0.352 e. The second-order valence-corrected chi connectivity index (χ2v) is 6.87. The molecule has 1 amide bonds. The Kier molecular flexibility index (Phi) is 5.33. The maximum Gasteiger partial charge on any atom is 0.256 e. The second kappa shape index (κ2) is 7.64. The third-order valence-corrected chi connectivity index (χ3v) is 5.02. The number of benzene rings is 1. The Hall–Kier alpha value is -2.11. The maximum absolute atomic E-state index is 12.4. The Labute approximate surface area is 150 Å². The molecule has 24 heavy (non-hydrogen) atoms. The Morgan fingerprint density at radius 3 is 2.75 bits per heavy atom. The van der Waals surface area contributed by atoms with Crippen LogP contribution in [-0.4, -0.2) is 22.2 Å². The predicted octanol–water partition coefficient (Wildman–Crippen LogP) is 3.93. The number of aryl methyl sites for hydroxylation is 1. The molecule has 0 bridgehead atoms. The fraction of sp³-hybridized carbons (Fsp3) is 0.222. The molecule has 3 rings (SSSR count). The number of halogens is 1. The Morgan fingerprint density at radius 2 is 2.04 bits per heavy atom. The van der Waals surface area contributed by atoms with E-state index in [-0.39, 0.29) is 5.91 Å². The molecule has 1 aromatic carbocycles. The fourth-order valence-electron chi connectivity index (χ4n) is 2.51. The number of thiophene rings is 1. The fourth-order valence-corrected chi connectivity index (χ4v) is 3.54. The van der Waals surface area contributed by atoms with E-state index >= 15 is 0 Å². The molecule has 0 aliphatic carbocycles. The number of hydrogen-bond donors (Lipinski definition) is 1. The molecule has 1 N–H and O–H groups in total. The van der Waals surface area contributed by atoms with Crippen LogP contribution in [0, 0.1) is 6.92 Å². The van der Waals surface area contributed by atoms with Gasteiger partial charge in [-0.05, 0) is 30.4 Å². The summed E-state index contributed by atoms with van der Waals surface area (Å²) in [6.07, 6.45) is 0.818. The van der Waals surface area contributed by atoms with Gasteiger partial charge in [0.2, 0.25) is 0 Å². The highest BCUT2D eigenvalue weighted by Crippen LogP contribution is 2.21. The first kappa shape index (κ1) is 16.7. The smallest absolute Gasteiger partial charge is 0.256 e. The maximum atomic E-state index is 12.4. The van der Waals surface area contributed by atoms with Gasteiger partial charge in [0.25, 0.3) is 5.91 Å². The molecule has 3 aromatic rings. The molecular weight excluding hydrogens is 342 g/mol. The highest BCUT2D eigenvalue weighted by molar-refractivity contribution is 7.09. The van der Waals surface area contributed by atoms with E-state index in [1.807, 2.05) is 48.7 Å². The zero-order valence-electron chi connectivity index (χ0n) is 13.3. The molecule has 2 heterocycles. The van der Waals surface area contributed by atoms with Crippen molar-refractivity contribution in [3.63, 3.8) is 0 Å². The SMILES string of the molecule is Cc1nn(Cc2ccccc2)c(Cl)c1C(=O)NCCc1cccs1. The lowest BCUT2D eigenvalue weighted by molar-refractivity contribution is 0.0953. The van der Waals surface area contributed by atoms with E-state index in [1.54, 1.807) is 16.0 Å². The predicted molar refractivity (Wildman–Crippen MR) is 97.9 cm³/mol. The van der Waals surface area contributed by atoms with Crippen LogP contribution in [0.4, 0.5) is 0 Å². The van der Waals surface area contributed by atoms with Crippen molar-refractivity contribution in [2.75, 3.05) is 6.54 Å². The van der Waals surface area contributed by atoms with Crippen LogP contribution in [0.2, 0.25) is 5.15 Å². The van der Waals surface area contributed by atoms with Crippen molar-refractivity contribution in [2.45, 2.75) is 19.9 Å². The minimum absolute atomic E-state index is 0.173. The van der Waals surface area contributed by atoms with Crippen LogP contribution < -0.4 is 5.32 Å². The molecule has 0 unspecified atom stereocenters. The minimum Gasteiger partial charge on any atom is -0.352 e. The molecule has 4 nitrogen and oxygen atoms in total. The van der Waals surface area contributed by atoms with Crippen molar-refractivity contribution in [1.82, 2.24) is 15.1 Å². The van der Waals surface area contributed by atoms with Gasteiger partial charge in [0.1, 0.15) is 5.15 Å². The molecule has 0 fully saturated rings. The standard InChI is InChI=1S/C18H18ClN3OS/c1-13-16(18(23)20-10-9-15-8-5-11-24-15)17(19)22(21-13)12-14-6-3-2-4-7-14/h2-8,11H,9-10,12H2,1H3,(H,20,23). The van der Waals surface area contributed by atoms with E-state index < -0.39 is 0 Å². The molecular formula is C18H18ClN3OS. The number of nitrogens with one attached hydrogen (secondary N) is 1. The third kappa shape index (κ3) is 3.86. The van der Waals surface area contributed by atoms with Gasteiger partial charge in [0.15, 0.2) is 0 Å². The molecule has 0 spiro atoms. The molecule has 0 aliphatic heterocycles. The summed E-state index contributed by atoms with van der Waals surface area (Å²) >= 11 is 8.08. The summed E-state index contributed by atoms with van der Waals surface area (Å²) < 4.78 is 1.67. The van der Waals surface area contributed by atoms with E-state index in [4.69, 9.17) is 11.6 Å². The van der Waals surface area contributed by atoms with Crippen molar-refractivity contribution in [3.05, 3.63) is 74.7 Å². The van der Waals surface area contributed by atoms with Crippen LogP contribution in [0.1, 0.15) is 26.5 Å². The molecule has 0 radical (unpaired) electrons. The Bertz CT molecular complexity index is 812. The van der Waals surface area contributed by atoms with Gasteiger partial charge in [-0.3, -0.25) is 4.79 Å². The van der Waals surface area contributed by atoms with Crippen molar-refractivity contribution >= 4 is 28.8 Å². The quantitative estimate of drug-likeness (QED) is 0.725. The topological polar surface area (TPSA) is 46.9 Å². The lowest BCUT2D eigenvalue weighted by atomic mass is 10.2. The van der Waals surface area contributed by atoms with Crippen LogP contribution in [0.25, 0.3) is 0 Å². The molecule has 0 saturated carbocycles. The normalized spacial score (nSPS) is 10.8. The van der Waals surface area contributed by atoms with Crippen molar-refractivity contribution in [1.29, 1.82) is 0 Å². The lowest BCUT2D eigenvalue weighted by Gasteiger charge is -2.05. The molecule has 2 aromatic heterocycles. The van der Waals surface area contributed by atoms with Crippen molar-refractivity contribution in [2.24, 2.45) is 0 Å². The van der Waals surface area contributed by atoms with E-state index in [1.165, 1.54) is 4.88 Å². The average Bonchev–Trinajstić information content (AvgIpc) is 3.17. The summed E-state index contributed by atoms with van der Waals surface area (Å²) in [4.78, 5) is 13.7. The van der Waals surface area contributed by atoms with E-state index in [9.17, 15) is 4.79 Å². The van der Waals surface area contributed by atoms with Crippen LogP contribution in [0.3, 0.4) is 0 Å². The lowest BCUT2D eigenvalue weighted by Crippen LogP contribution is -2.26. The number of amides is 1. The third-order valence-electron chi connectivity index (χ3n) is 3.70. The van der Waals surface area contributed by atoms with Crippen molar-refractivity contribution < 1.29 is 4.79 Å². The summed E-state index contributed by atoms with van der Waals surface area (Å²) in [5.74, 6) is -0.173. The summed E-state index contributed by atoms with van der Waals surface area (Å²) in [7, 11) is 0. The Balaban J connectivity index is 1.67. The zero-order valence-corrected chi connectivity index (χ0v) is 14.9. The number of nitrogens with zero attached hydrogens (tertiary/aromatic N) is 2. The molecule has 0 atom stereocenters. The van der Waals surface area contributed by atoms with E-state index in [0.717, 1.165) is 12.0 Å². The first-order chi connectivity index (χ1) is 11.6. The van der Waals surface area contributed by atoms with Crippen molar-refractivity contribution in [3.8, 4) is 0 Å². The highest BCUT2D eigenvalue weighted by atomic mass is 35.5. The Morgan fingerprint density at radius 1 is 1.25 bits per heavy atom. The van der Waals surface area contributed by atoms with Crippen LogP contribution in [0.15, 0.2) is 47.8 Å². The summed E-state index contributed by atoms with van der Waals surface area (Å²) in [6.45, 7) is 2.93. The summed E-state index contributed by atoms with van der Waals surface area (Å²) in [5, 5.41) is 9.75. The molecule has 0 aliphatic rings. The second-order valence-electron chi connectivity index (χ2n) is 5.48. The van der Waals surface area contributed by atoms with Crippen LogP contribution in [0.5, 0.6) is 0 Å². The van der Waals surface area contributed by atoms with Gasteiger partial charge in [0, 0.05) is 11.4 Å². The van der Waals surface area contributed by atoms with Gasteiger partial charge in [-0.15, -0.1) is 11.3 Å². The monoisotopic (exact) mass is 359 g/mol. The molecule has 0 saturated heterocycles. The van der Waals surface area contributed by atoms with Gasteiger partial charge >= 0.3 is 0 Å². The van der Waals surface area contributed by atoms with Crippen LogP contribution >= 0.6 is 22.9 Å².